The topological polar surface area (TPSA) is 76.0 Å². The highest BCUT2D eigenvalue weighted by Gasteiger charge is 2.33. The van der Waals surface area contributed by atoms with Gasteiger partial charge in [0.05, 0.1) is 18.6 Å². The number of hydrogen-bond donors (Lipinski definition) is 2. The molecule has 172 valence electrons. The summed E-state index contributed by atoms with van der Waals surface area (Å²) in [6.07, 6.45) is 11.8. The van der Waals surface area contributed by atoms with Crippen LogP contribution in [0.15, 0.2) is 24.3 Å². The number of ether oxygens (including phenoxy) is 2. The number of carbonyl (C=O) groups is 1. The van der Waals surface area contributed by atoms with E-state index >= 15 is 0 Å². The van der Waals surface area contributed by atoms with Crippen LogP contribution in [0.25, 0.3) is 0 Å². The van der Waals surface area contributed by atoms with Crippen molar-refractivity contribution in [3.05, 3.63) is 24.3 Å². The number of aliphatic hydroxyl groups excluding tert-OH is 2. The van der Waals surface area contributed by atoms with E-state index in [-0.39, 0.29) is 30.0 Å². The molecule has 0 saturated carbocycles. The largest absolute Gasteiger partial charge is 0.462 e. The van der Waals surface area contributed by atoms with Gasteiger partial charge in [-0.3, -0.25) is 4.79 Å². The summed E-state index contributed by atoms with van der Waals surface area (Å²) in [5.74, 6) is 0.747. The Balaban J connectivity index is 2.09. The van der Waals surface area contributed by atoms with Crippen LogP contribution < -0.4 is 0 Å². The van der Waals surface area contributed by atoms with Gasteiger partial charge in [-0.2, -0.15) is 0 Å². The number of allylic oxidation sites excluding steroid dienone is 4. The Morgan fingerprint density at radius 1 is 1.17 bits per heavy atom. The van der Waals surface area contributed by atoms with Gasteiger partial charge in [0.2, 0.25) is 0 Å². The van der Waals surface area contributed by atoms with Crippen molar-refractivity contribution in [1.82, 2.24) is 0 Å². The van der Waals surface area contributed by atoms with Crippen LogP contribution in [0, 0.1) is 23.2 Å². The Bertz CT molecular complexity index is 596. The van der Waals surface area contributed by atoms with E-state index < -0.39 is 12.4 Å². The molecule has 2 N–H and O–H groups in total. The van der Waals surface area contributed by atoms with Crippen molar-refractivity contribution in [2.24, 2.45) is 23.2 Å². The second-order valence-corrected chi connectivity index (χ2v) is 10.1. The Hall–Kier alpha value is -1.17. The molecule has 0 spiro atoms. The Labute approximate surface area is 182 Å². The first kappa shape index (κ1) is 25.1. The summed E-state index contributed by atoms with van der Waals surface area (Å²) < 4.78 is 11.7. The predicted octanol–water partition coefficient (Wildman–Crippen LogP) is 4.77. The van der Waals surface area contributed by atoms with Gasteiger partial charge in [-0.05, 0) is 49.9 Å². The van der Waals surface area contributed by atoms with Gasteiger partial charge in [0.1, 0.15) is 6.10 Å². The van der Waals surface area contributed by atoms with Gasteiger partial charge < -0.3 is 19.7 Å². The van der Waals surface area contributed by atoms with E-state index in [1.54, 1.807) is 0 Å². The number of carbonyl (C=O) groups excluding carboxylic acids is 1. The van der Waals surface area contributed by atoms with Crippen LogP contribution in [0.5, 0.6) is 0 Å². The maximum atomic E-state index is 11.7. The molecule has 1 aliphatic heterocycles. The standard InChI is InChI=1S/C25H42O5/c1-6-25(4,5)24(28)30-22-13-17(2)9-7-8-10-18(3)19(14-22)11-12-21-15-20(26)16-23(27)29-21/h7-10,17-22,24,26,28H,6,11-16H2,1-5H3/b9-7+,10-8-/t17?,18-,19+,20+,21+,22?,24?/m0/s1. The molecule has 0 amide bonds. The second kappa shape index (κ2) is 11.4. The summed E-state index contributed by atoms with van der Waals surface area (Å²) in [4.78, 5) is 11.7. The van der Waals surface area contributed by atoms with Crippen LogP contribution in [-0.2, 0) is 14.3 Å². The van der Waals surface area contributed by atoms with Crippen LogP contribution in [0.2, 0.25) is 0 Å². The van der Waals surface area contributed by atoms with E-state index in [4.69, 9.17) is 9.47 Å². The molecule has 1 saturated heterocycles. The van der Waals surface area contributed by atoms with E-state index in [9.17, 15) is 15.0 Å². The zero-order chi connectivity index (χ0) is 22.3. The minimum atomic E-state index is -0.799. The highest BCUT2D eigenvalue weighted by molar-refractivity contribution is 5.70. The van der Waals surface area contributed by atoms with Crippen LogP contribution in [0.4, 0.5) is 0 Å². The maximum Gasteiger partial charge on any atom is 0.308 e. The van der Waals surface area contributed by atoms with Crippen LogP contribution in [-0.4, -0.2) is 40.8 Å². The molecule has 0 aromatic heterocycles. The quantitative estimate of drug-likeness (QED) is 0.457. The van der Waals surface area contributed by atoms with Crippen molar-refractivity contribution in [3.63, 3.8) is 0 Å². The highest BCUT2D eigenvalue weighted by Crippen LogP contribution is 2.34. The summed E-state index contributed by atoms with van der Waals surface area (Å²) >= 11 is 0. The van der Waals surface area contributed by atoms with Gasteiger partial charge in [-0.25, -0.2) is 0 Å². The minimum Gasteiger partial charge on any atom is -0.462 e. The number of esters is 1. The van der Waals surface area contributed by atoms with Gasteiger partial charge in [-0.15, -0.1) is 0 Å². The lowest BCUT2D eigenvalue weighted by atomic mass is 9.81. The monoisotopic (exact) mass is 422 g/mol. The third kappa shape index (κ3) is 7.82. The first-order valence-electron chi connectivity index (χ1n) is 11.7. The fourth-order valence-electron chi connectivity index (χ4n) is 4.26. The molecule has 0 aromatic rings. The molecule has 1 aliphatic carbocycles. The molecule has 3 unspecified atom stereocenters. The van der Waals surface area contributed by atoms with Gasteiger partial charge in [0.25, 0.3) is 0 Å². The normalized spacial score (nSPS) is 36.6. The molecular weight excluding hydrogens is 380 g/mol. The van der Waals surface area contributed by atoms with Crippen molar-refractivity contribution in [3.8, 4) is 0 Å². The summed E-state index contributed by atoms with van der Waals surface area (Å²) in [5, 5.41) is 20.6. The lowest BCUT2D eigenvalue weighted by molar-refractivity contribution is -0.199. The molecule has 5 heteroatoms. The van der Waals surface area contributed by atoms with Gasteiger partial charge in [0.15, 0.2) is 6.29 Å². The van der Waals surface area contributed by atoms with Crippen molar-refractivity contribution in [2.45, 2.75) is 104 Å². The average molecular weight is 423 g/mol. The Kier molecular flexibility index (Phi) is 9.58. The zero-order valence-corrected chi connectivity index (χ0v) is 19.4. The number of hydrogen-bond acceptors (Lipinski definition) is 5. The molecule has 2 rings (SSSR count). The summed E-state index contributed by atoms with van der Waals surface area (Å²) in [6.45, 7) is 10.5. The van der Waals surface area contributed by atoms with Crippen molar-refractivity contribution in [2.75, 3.05) is 0 Å². The van der Waals surface area contributed by atoms with Gasteiger partial charge in [-0.1, -0.05) is 58.9 Å². The van der Waals surface area contributed by atoms with E-state index in [1.165, 1.54) is 0 Å². The Morgan fingerprint density at radius 3 is 2.53 bits per heavy atom. The first-order chi connectivity index (χ1) is 14.1. The molecule has 30 heavy (non-hydrogen) atoms. The van der Waals surface area contributed by atoms with Crippen LogP contribution in [0.3, 0.4) is 0 Å². The molecule has 0 bridgehead atoms. The van der Waals surface area contributed by atoms with Crippen LogP contribution in [0.1, 0.15) is 79.6 Å². The first-order valence-corrected chi connectivity index (χ1v) is 11.7. The predicted molar refractivity (Wildman–Crippen MR) is 119 cm³/mol. The number of rotatable bonds is 7. The number of cyclic esters (lactones) is 1. The molecule has 0 aromatic carbocycles. The van der Waals surface area contributed by atoms with Crippen molar-refractivity contribution in [1.29, 1.82) is 0 Å². The van der Waals surface area contributed by atoms with Crippen LogP contribution >= 0.6 is 0 Å². The van der Waals surface area contributed by atoms with E-state index in [2.05, 4.69) is 45.1 Å². The summed E-state index contributed by atoms with van der Waals surface area (Å²) in [6, 6.07) is 0. The third-order valence-corrected chi connectivity index (χ3v) is 6.91. The smallest absolute Gasteiger partial charge is 0.308 e. The number of aliphatic hydroxyl groups is 2. The lowest BCUT2D eigenvalue weighted by Gasteiger charge is -2.35. The molecule has 2 aliphatic rings. The highest BCUT2D eigenvalue weighted by atomic mass is 16.6. The average Bonchev–Trinajstić information content (AvgIpc) is 2.66. The summed E-state index contributed by atoms with van der Waals surface area (Å²) in [7, 11) is 0. The molecule has 1 heterocycles. The van der Waals surface area contributed by atoms with Gasteiger partial charge >= 0.3 is 5.97 Å². The third-order valence-electron chi connectivity index (χ3n) is 6.91. The second-order valence-electron chi connectivity index (χ2n) is 10.1. The lowest BCUT2D eigenvalue weighted by Crippen LogP contribution is -2.37. The van der Waals surface area contributed by atoms with Crippen molar-refractivity contribution < 1.29 is 24.5 Å². The SMILES string of the molecule is CCC(C)(C)C(O)OC1CC(C)/C=C/C=C\[C@H](C)[C@H](CC[C@@H]2C[C@@H](O)CC(=O)O2)C1. The molecule has 0 radical (unpaired) electrons. The molecule has 5 nitrogen and oxygen atoms in total. The maximum absolute atomic E-state index is 11.7. The van der Waals surface area contributed by atoms with E-state index in [0.29, 0.717) is 24.2 Å². The fourth-order valence-corrected chi connectivity index (χ4v) is 4.26. The van der Waals surface area contributed by atoms with Gasteiger partial charge in [0, 0.05) is 11.8 Å². The Morgan fingerprint density at radius 2 is 1.87 bits per heavy atom. The fraction of sp³-hybridized carbons (Fsp3) is 0.800. The van der Waals surface area contributed by atoms with E-state index in [0.717, 1.165) is 32.1 Å². The molecule has 7 atom stereocenters. The summed E-state index contributed by atoms with van der Waals surface area (Å²) in [5.41, 5.74) is -0.290. The minimum absolute atomic E-state index is 0.0380. The zero-order valence-electron chi connectivity index (χ0n) is 19.4. The van der Waals surface area contributed by atoms with E-state index in [1.807, 2.05) is 13.8 Å². The molecular formula is C25H42O5. The molecule has 1 fully saturated rings. The van der Waals surface area contributed by atoms with Crippen molar-refractivity contribution >= 4 is 5.97 Å².